The summed E-state index contributed by atoms with van der Waals surface area (Å²) in [6.45, 7) is 25.0. The van der Waals surface area contributed by atoms with Gasteiger partial charge in [-0.25, -0.2) is 4.79 Å². The van der Waals surface area contributed by atoms with E-state index in [0.717, 1.165) is 31.8 Å². The summed E-state index contributed by atoms with van der Waals surface area (Å²) in [7, 11) is 0. The average molecular weight is 691 g/mol. The molecule has 7 aliphatic rings. The number of carbonyl (C=O) groups excluding carboxylic acids is 1. The minimum absolute atomic E-state index is 0. The highest BCUT2D eigenvalue weighted by Gasteiger charge is 2.81. The first-order valence-electron chi connectivity index (χ1n) is 20.3. The van der Waals surface area contributed by atoms with Gasteiger partial charge in [-0.3, -0.25) is 4.90 Å². The number of carbonyl (C=O) groups is 1. The average Bonchev–Trinajstić information content (AvgIpc) is 3.61. The molecule has 0 aromatic rings. The molecule has 0 aromatic heterocycles. The van der Waals surface area contributed by atoms with E-state index < -0.39 is 11.2 Å². The van der Waals surface area contributed by atoms with Gasteiger partial charge in [0.15, 0.2) is 0 Å². The second kappa shape index (κ2) is 13.2. The van der Waals surface area contributed by atoms with Crippen LogP contribution in [0.15, 0.2) is 0 Å². The molecule has 8 heteroatoms. The largest absolute Gasteiger partial charge is 0.446 e. The summed E-state index contributed by atoms with van der Waals surface area (Å²) >= 11 is 0. The summed E-state index contributed by atoms with van der Waals surface area (Å²) in [6.07, 6.45) is 11.9. The zero-order valence-electron chi connectivity index (χ0n) is 32.9. The van der Waals surface area contributed by atoms with Crippen molar-refractivity contribution < 1.29 is 30.6 Å². The van der Waals surface area contributed by atoms with Crippen LogP contribution in [0.5, 0.6) is 0 Å². The van der Waals surface area contributed by atoms with E-state index in [9.17, 15) is 15.0 Å². The van der Waals surface area contributed by atoms with E-state index >= 15 is 0 Å². The molecule has 2 heterocycles. The third-order valence-corrected chi connectivity index (χ3v) is 15.4. The smallest absolute Gasteiger partial charge is 0.410 e. The second-order valence-corrected chi connectivity index (χ2v) is 19.3. The number of piperazine rings is 1. The predicted molar refractivity (Wildman–Crippen MR) is 195 cm³/mol. The molecule has 49 heavy (non-hydrogen) atoms. The third kappa shape index (κ3) is 6.31. The van der Waals surface area contributed by atoms with Gasteiger partial charge in [-0.2, -0.15) is 0 Å². The quantitative estimate of drug-likeness (QED) is 0.285. The SMILES string of the molecule is CC.CCO[C@@H](C1CCC2C(CC3C4CCC5C(C)(C)[C@@H](OC(=O)N6CCN(CC(C)(C)O)CC6)CCC56C[C@@]46CCC23C)O1)C(C)(C)O.[HH]. The van der Waals surface area contributed by atoms with Gasteiger partial charge in [0.2, 0.25) is 0 Å². The number of hydrogen-bond donors (Lipinski definition) is 2. The van der Waals surface area contributed by atoms with Crippen molar-refractivity contribution in [2.75, 3.05) is 39.3 Å². The molecule has 8 unspecified atom stereocenters. The lowest BCUT2D eigenvalue weighted by Crippen LogP contribution is -2.56. The molecule has 2 N–H and O–H groups in total. The molecule has 2 spiro atoms. The Balaban J connectivity index is 0.00000159. The maximum absolute atomic E-state index is 13.5. The highest BCUT2D eigenvalue weighted by atomic mass is 16.6. The van der Waals surface area contributed by atoms with Crippen LogP contribution in [0.25, 0.3) is 0 Å². The number of hydrogen-bond acceptors (Lipinski definition) is 7. The third-order valence-electron chi connectivity index (χ3n) is 15.4. The van der Waals surface area contributed by atoms with Gasteiger partial charge in [-0.05, 0) is 139 Å². The zero-order chi connectivity index (χ0) is 35.8. The summed E-state index contributed by atoms with van der Waals surface area (Å²) in [5.74, 6) is 2.71. The summed E-state index contributed by atoms with van der Waals surface area (Å²) < 4.78 is 19.5. The maximum Gasteiger partial charge on any atom is 0.410 e. The minimum atomic E-state index is -0.918. The predicted octanol–water partition coefficient (Wildman–Crippen LogP) is 7.53. The lowest BCUT2D eigenvalue weighted by molar-refractivity contribution is -0.193. The Labute approximate surface area is 299 Å². The summed E-state index contributed by atoms with van der Waals surface area (Å²) in [4.78, 5) is 17.6. The van der Waals surface area contributed by atoms with Gasteiger partial charge in [0.25, 0.3) is 0 Å². The van der Waals surface area contributed by atoms with Gasteiger partial charge >= 0.3 is 6.09 Å². The van der Waals surface area contributed by atoms with Crippen LogP contribution >= 0.6 is 0 Å². The van der Waals surface area contributed by atoms with E-state index in [0.29, 0.717) is 60.2 Å². The van der Waals surface area contributed by atoms with Crippen molar-refractivity contribution in [3.8, 4) is 0 Å². The van der Waals surface area contributed by atoms with Crippen molar-refractivity contribution >= 4 is 6.09 Å². The van der Waals surface area contributed by atoms with Crippen molar-refractivity contribution in [1.29, 1.82) is 0 Å². The van der Waals surface area contributed by atoms with E-state index in [1.165, 1.54) is 51.4 Å². The van der Waals surface area contributed by atoms with Crippen LogP contribution in [0.1, 0.15) is 135 Å². The fraction of sp³-hybridized carbons (Fsp3) is 0.976. The molecule has 11 atom stereocenters. The highest BCUT2D eigenvalue weighted by Crippen LogP contribution is 2.87. The molecule has 0 aromatic carbocycles. The van der Waals surface area contributed by atoms with Gasteiger partial charge in [0.05, 0.1) is 23.4 Å². The molecule has 8 nitrogen and oxygen atoms in total. The normalized spacial score (nSPS) is 43.4. The van der Waals surface area contributed by atoms with Crippen LogP contribution in [-0.4, -0.2) is 101 Å². The number of fused-ring (bicyclic) bond motifs is 4. The first kappa shape index (κ1) is 37.8. The standard InChI is InChI=1S/C39H66N2O6.C2H6.H2/c1-9-45-32(36(6,7)44)28-12-10-26-29(46-28)22-27-25-11-13-30-35(4,5)31(14-15-39(30)23-38(25,39)17-16-37(26,27)8)47-33(42)41-20-18-40(19-21-41)24-34(2,3)43;1-2;/h25-32,43-44H,9-24H2,1-8H3;1-2H3;1H/t25?,26?,27?,28?,29?,30?,31-,32-,37?,38-,39?;;/m0../s1. The Morgan fingerprint density at radius 3 is 2.20 bits per heavy atom. The molecule has 2 aliphatic heterocycles. The number of aliphatic hydroxyl groups is 2. The topological polar surface area (TPSA) is 91.7 Å². The number of rotatable bonds is 7. The monoisotopic (exact) mass is 691 g/mol. The van der Waals surface area contributed by atoms with Crippen molar-refractivity contribution in [1.82, 2.24) is 9.80 Å². The molecule has 0 bridgehead atoms. The minimum Gasteiger partial charge on any atom is -0.446 e. The van der Waals surface area contributed by atoms with Crippen molar-refractivity contribution in [2.24, 2.45) is 45.3 Å². The number of nitrogens with zero attached hydrogens (tertiary/aromatic N) is 2. The first-order chi connectivity index (χ1) is 23.0. The van der Waals surface area contributed by atoms with Crippen LogP contribution in [0.2, 0.25) is 0 Å². The van der Waals surface area contributed by atoms with Gasteiger partial charge < -0.3 is 29.3 Å². The molecule has 2 saturated heterocycles. The Bertz CT molecular complexity index is 1190. The Kier molecular flexibility index (Phi) is 10.2. The van der Waals surface area contributed by atoms with Crippen molar-refractivity contribution in [3.63, 3.8) is 0 Å². The molecule has 7 fully saturated rings. The molecule has 5 aliphatic carbocycles. The molecular weight excluding hydrogens is 616 g/mol. The van der Waals surface area contributed by atoms with E-state index in [-0.39, 0.29) is 37.4 Å². The summed E-state index contributed by atoms with van der Waals surface area (Å²) in [5.41, 5.74) is -0.465. The lowest BCUT2D eigenvalue weighted by Gasteiger charge is -2.59. The Morgan fingerprint density at radius 2 is 1.57 bits per heavy atom. The first-order valence-corrected chi connectivity index (χ1v) is 20.3. The molecule has 5 saturated carbocycles. The van der Waals surface area contributed by atoms with E-state index in [1.54, 1.807) is 0 Å². The van der Waals surface area contributed by atoms with E-state index in [2.05, 4.69) is 25.7 Å². The van der Waals surface area contributed by atoms with Gasteiger partial charge in [0, 0.05) is 46.2 Å². The summed E-state index contributed by atoms with van der Waals surface area (Å²) in [5, 5.41) is 21.2. The van der Waals surface area contributed by atoms with Crippen molar-refractivity contribution in [2.45, 2.75) is 169 Å². The number of β-amino-alcohol motifs (C(OH)–C–C–N with tert-alkyl or cyclic N) is 1. The molecule has 7 rings (SSSR count). The Morgan fingerprint density at radius 1 is 0.898 bits per heavy atom. The van der Waals surface area contributed by atoms with Crippen LogP contribution in [0.3, 0.4) is 0 Å². The van der Waals surface area contributed by atoms with Crippen molar-refractivity contribution in [3.05, 3.63) is 0 Å². The fourth-order valence-corrected chi connectivity index (χ4v) is 13.5. The zero-order valence-corrected chi connectivity index (χ0v) is 32.9. The maximum atomic E-state index is 13.5. The van der Waals surface area contributed by atoms with E-state index in [1.807, 2.05) is 53.4 Å². The highest BCUT2D eigenvalue weighted by molar-refractivity contribution is 5.68. The molecule has 0 radical (unpaired) electrons. The van der Waals surface area contributed by atoms with E-state index in [4.69, 9.17) is 14.2 Å². The van der Waals surface area contributed by atoms with Crippen LogP contribution in [0.4, 0.5) is 4.79 Å². The molecule has 1 amide bonds. The van der Waals surface area contributed by atoms with Gasteiger partial charge in [-0.15, -0.1) is 0 Å². The van der Waals surface area contributed by atoms with Gasteiger partial charge in [-0.1, -0.05) is 34.6 Å². The van der Waals surface area contributed by atoms with Crippen LogP contribution in [0, 0.1) is 45.3 Å². The Hall–Kier alpha value is -0.930. The second-order valence-electron chi connectivity index (χ2n) is 19.3. The lowest BCUT2D eigenvalue weighted by atomic mass is 9.46. The summed E-state index contributed by atoms with van der Waals surface area (Å²) in [6, 6.07) is 0. The van der Waals surface area contributed by atoms with Crippen LogP contribution in [-0.2, 0) is 14.2 Å². The molecular formula is C41H74N2O6. The number of ether oxygens (including phenoxy) is 3. The molecule has 284 valence electrons. The van der Waals surface area contributed by atoms with Gasteiger partial charge in [0.1, 0.15) is 12.2 Å². The number of amides is 1. The van der Waals surface area contributed by atoms with Crippen LogP contribution < -0.4 is 0 Å². The fourth-order valence-electron chi connectivity index (χ4n) is 13.5.